The largest absolute Gasteiger partial charge is 0.469 e. The van der Waals surface area contributed by atoms with E-state index in [2.05, 4.69) is 4.74 Å². The quantitative estimate of drug-likeness (QED) is 0.538. The molecule has 0 amide bonds. The third-order valence-electron chi connectivity index (χ3n) is 1.72. The van der Waals surface area contributed by atoms with Gasteiger partial charge >= 0.3 is 5.97 Å². The number of esters is 1. The molecule has 0 fully saturated rings. The maximum absolute atomic E-state index is 10.9. The molecule has 5 heteroatoms. The van der Waals surface area contributed by atoms with Crippen LogP contribution < -0.4 is 11.5 Å². The van der Waals surface area contributed by atoms with Crippen molar-refractivity contribution in [1.82, 2.24) is 0 Å². The van der Waals surface area contributed by atoms with Gasteiger partial charge in [0.05, 0.1) is 25.7 Å². The highest BCUT2D eigenvalue weighted by Gasteiger charge is 2.27. The number of hydrogen-bond acceptors (Lipinski definition) is 5. The van der Waals surface area contributed by atoms with Crippen LogP contribution in [0.2, 0.25) is 0 Å². The summed E-state index contributed by atoms with van der Waals surface area (Å²) in [6, 6.07) is 0. The fourth-order valence-corrected chi connectivity index (χ4v) is 0.847. The Morgan fingerprint density at radius 3 is 2.54 bits per heavy atom. The monoisotopic (exact) mass is 190 g/mol. The number of methoxy groups -OCH3 is 1. The first kappa shape index (κ1) is 12.3. The van der Waals surface area contributed by atoms with Crippen molar-refractivity contribution in [1.29, 1.82) is 0 Å². The molecule has 13 heavy (non-hydrogen) atoms. The Kier molecular flexibility index (Phi) is 5.61. The van der Waals surface area contributed by atoms with Crippen molar-refractivity contribution in [3.8, 4) is 0 Å². The highest BCUT2D eigenvalue weighted by Crippen LogP contribution is 2.06. The van der Waals surface area contributed by atoms with Crippen LogP contribution in [-0.2, 0) is 14.3 Å². The summed E-state index contributed by atoms with van der Waals surface area (Å²) in [5, 5.41) is 0. The van der Waals surface area contributed by atoms with E-state index in [4.69, 9.17) is 16.2 Å². The number of ether oxygens (including phenoxy) is 2. The van der Waals surface area contributed by atoms with Gasteiger partial charge in [0.1, 0.15) is 0 Å². The molecule has 0 aromatic rings. The fourth-order valence-electron chi connectivity index (χ4n) is 0.847. The summed E-state index contributed by atoms with van der Waals surface area (Å²) in [6.45, 7) is 2.88. The second-order valence-electron chi connectivity index (χ2n) is 2.96. The minimum atomic E-state index is -0.802. The van der Waals surface area contributed by atoms with Crippen molar-refractivity contribution >= 4 is 5.97 Å². The lowest BCUT2D eigenvalue weighted by molar-refractivity contribution is -0.142. The first-order valence-electron chi connectivity index (χ1n) is 4.21. The summed E-state index contributed by atoms with van der Waals surface area (Å²) in [4.78, 5) is 10.9. The zero-order valence-electron chi connectivity index (χ0n) is 8.21. The van der Waals surface area contributed by atoms with E-state index in [1.165, 1.54) is 7.11 Å². The molecule has 0 aliphatic carbocycles. The van der Waals surface area contributed by atoms with Crippen LogP contribution in [0.4, 0.5) is 0 Å². The third-order valence-corrected chi connectivity index (χ3v) is 1.72. The standard InChI is InChI=1S/C8H18N2O3/c1-3-13-6-8(10,5-9)4-7(11)12-2/h3-6,9-10H2,1-2H3. The molecular formula is C8H18N2O3. The van der Waals surface area contributed by atoms with Gasteiger partial charge in [-0.2, -0.15) is 0 Å². The van der Waals surface area contributed by atoms with E-state index in [1.807, 2.05) is 6.92 Å². The Balaban J connectivity index is 4.02. The molecule has 1 atom stereocenters. The van der Waals surface area contributed by atoms with Crippen molar-refractivity contribution in [2.24, 2.45) is 11.5 Å². The molecule has 0 aromatic heterocycles. The lowest BCUT2D eigenvalue weighted by Crippen LogP contribution is -2.52. The van der Waals surface area contributed by atoms with Gasteiger partial charge in [0, 0.05) is 13.2 Å². The SMILES string of the molecule is CCOCC(N)(CN)CC(=O)OC. The molecule has 0 aliphatic heterocycles. The molecule has 0 bridgehead atoms. The van der Waals surface area contributed by atoms with Gasteiger partial charge < -0.3 is 20.9 Å². The first-order chi connectivity index (χ1) is 6.08. The molecule has 4 N–H and O–H groups in total. The zero-order valence-corrected chi connectivity index (χ0v) is 8.21. The Labute approximate surface area is 78.4 Å². The van der Waals surface area contributed by atoms with Crippen LogP contribution in [0.1, 0.15) is 13.3 Å². The van der Waals surface area contributed by atoms with Gasteiger partial charge in [0.2, 0.25) is 0 Å². The molecule has 0 aliphatic rings. The molecule has 5 nitrogen and oxygen atoms in total. The normalized spacial score (nSPS) is 15.1. The van der Waals surface area contributed by atoms with E-state index in [9.17, 15) is 4.79 Å². The molecule has 0 saturated carbocycles. The molecule has 0 heterocycles. The molecule has 1 unspecified atom stereocenters. The molecule has 0 radical (unpaired) electrons. The van der Waals surface area contributed by atoms with Crippen molar-refractivity contribution in [3.63, 3.8) is 0 Å². The second-order valence-corrected chi connectivity index (χ2v) is 2.96. The van der Waals surface area contributed by atoms with Crippen LogP contribution in [-0.4, -0.2) is 38.4 Å². The highest BCUT2D eigenvalue weighted by molar-refractivity contribution is 5.70. The van der Waals surface area contributed by atoms with Crippen LogP contribution in [0, 0.1) is 0 Å². The van der Waals surface area contributed by atoms with E-state index in [0.29, 0.717) is 6.61 Å². The maximum Gasteiger partial charge on any atom is 0.307 e. The Bertz CT molecular complexity index is 163. The summed E-state index contributed by atoms with van der Waals surface area (Å²) < 4.78 is 9.62. The Hall–Kier alpha value is -0.650. The fraction of sp³-hybridized carbons (Fsp3) is 0.875. The molecule has 78 valence electrons. The lowest BCUT2D eigenvalue weighted by atomic mass is 9.98. The van der Waals surface area contributed by atoms with Crippen LogP contribution in [0.5, 0.6) is 0 Å². The topological polar surface area (TPSA) is 87.6 Å². The number of nitrogens with two attached hydrogens (primary N) is 2. The minimum Gasteiger partial charge on any atom is -0.469 e. The van der Waals surface area contributed by atoms with E-state index in [0.717, 1.165) is 0 Å². The minimum absolute atomic E-state index is 0.0833. The van der Waals surface area contributed by atoms with Crippen LogP contribution in [0.25, 0.3) is 0 Å². The van der Waals surface area contributed by atoms with Gasteiger partial charge in [-0.3, -0.25) is 4.79 Å². The van der Waals surface area contributed by atoms with E-state index < -0.39 is 5.54 Å². The summed E-state index contributed by atoms with van der Waals surface area (Å²) in [6.07, 6.45) is 0.0833. The third kappa shape index (κ3) is 4.82. The highest BCUT2D eigenvalue weighted by atomic mass is 16.5. The maximum atomic E-state index is 10.9. The molecule has 0 spiro atoms. The summed E-state index contributed by atoms with van der Waals surface area (Å²) in [5.74, 6) is -0.368. The number of carbonyl (C=O) groups excluding carboxylic acids is 1. The van der Waals surface area contributed by atoms with Gasteiger partial charge in [0.15, 0.2) is 0 Å². The second kappa shape index (κ2) is 5.90. The summed E-state index contributed by atoms with van der Waals surface area (Å²) in [7, 11) is 1.32. The van der Waals surface area contributed by atoms with E-state index in [-0.39, 0.29) is 25.5 Å². The van der Waals surface area contributed by atoms with Crippen molar-refractivity contribution in [3.05, 3.63) is 0 Å². The predicted octanol–water partition coefficient (Wildman–Crippen LogP) is -0.758. The average molecular weight is 190 g/mol. The van der Waals surface area contributed by atoms with Crippen molar-refractivity contribution in [2.75, 3.05) is 26.9 Å². The van der Waals surface area contributed by atoms with Crippen LogP contribution in [0.15, 0.2) is 0 Å². The smallest absolute Gasteiger partial charge is 0.307 e. The Morgan fingerprint density at radius 2 is 2.15 bits per heavy atom. The molecule has 0 aromatic carbocycles. The van der Waals surface area contributed by atoms with E-state index in [1.54, 1.807) is 0 Å². The average Bonchev–Trinajstić information content (AvgIpc) is 2.14. The van der Waals surface area contributed by atoms with Crippen LogP contribution >= 0.6 is 0 Å². The van der Waals surface area contributed by atoms with Crippen LogP contribution in [0.3, 0.4) is 0 Å². The number of carbonyl (C=O) groups is 1. The van der Waals surface area contributed by atoms with Gasteiger partial charge in [-0.05, 0) is 6.92 Å². The summed E-state index contributed by atoms with van der Waals surface area (Å²) in [5.41, 5.74) is 10.4. The molecular weight excluding hydrogens is 172 g/mol. The van der Waals surface area contributed by atoms with Crippen molar-refractivity contribution < 1.29 is 14.3 Å². The molecule has 0 saturated heterocycles. The first-order valence-corrected chi connectivity index (χ1v) is 4.21. The van der Waals surface area contributed by atoms with Crippen molar-refractivity contribution in [2.45, 2.75) is 18.9 Å². The van der Waals surface area contributed by atoms with Gasteiger partial charge in [-0.15, -0.1) is 0 Å². The molecule has 0 rings (SSSR count). The number of rotatable bonds is 6. The Morgan fingerprint density at radius 1 is 1.54 bits per heavy atom. The van der Waals surface area contributed by atoms with E-state index >= 15 is 0 Å². The summed E-state index contributed by atoms with van der Waals surface area (Å²) >= 11 is 0. The lowest BCUT2D eigenvalue weighted by Gasteiger charge is -2.25. The predicted molar refractivity (Wildman–Crippen MR) is 49.1 cm³/mol. The number of hydrogen-bond donors (Lipinski definition) is 2. The van der Waals surface area contributed by atoms with Gasteiger partial charge in [-0.1, -0.05) is 0 Å². The van der Waals surface area contributed by atoms with Gasteiger partial charge in [-0.25, -0.2) is 0 Å². The van der Waals surface area contributed by atoms with Gasteiger partial charge in [0.25, 0.3) is 0 Å². The zero-order chi connectivity index (χ0) is 10.3.